The van der Waals surface area contributed by atoms with Crippen LogP contribution < -0.4 is 10.0 Å². The molecule has 192 valence electrons. The molecule has 2 heterocycles. The van der Waals surface area contributed by atoms with Gasteiger partial charge in [0.05, 0.1) is 11.7 Å². The number of hydrogen-bond donors (Lipinski definition) is 2. The molecule has 1 aliphatic heterocycles. The molecule has 4 aromatic rings. The van der Waals surface area contributed by atoms with E-state index in [2.05, 4.69) is 35.8 Å². The highest BCUT2D eigenvalue weighted by atomic mass is 32.2. The number of nitrogens with zero attached hydrogens (tertiary/aromatic N) is 3. The van der Waals surface area contributed by atoms with Gasteiger partial charge in [0.15, 0.2) is 0 Å². The van der Waals surface area contributed by atoms with E-state index in [0.29, 0.717) is 11.0 Å². The van der Waals surface area contributed by atoms with Crippen molar-refractivity contribution in [3.63, 3.8) is 0 Å². The molecule has 37 heavy (non-hydrogen) atoms. The molecule has 0 saturated carbocycles. The Kier molecular flexibility index (Phi) is 7.90. The van der Waals surface area contributed by atoms with E-state index >= 15 is 0 Å². The number of fused-ring (bicyclic) bond motifs is 1. The van der Waals surface area contributed by atoms with Gasteiger partial charge in [-0.15, -0.1) is 0 Å². The van der Waals surface area contributed by atoms with Crippen LogP contribution in [-0.4, -0.2) is 53.1 Å². The summed E-state index contributed by atoms with van der Waals surface area (Å²) in [6.07, 6.45) is 1.87. The number of likely N-dealkylation sites (tertiary alicyclic amines) is 1. The Hall–Kier alpha value is -3.18. The van der Waals surface area contributed by atoms with Crippen molar-refractivity contribution in [3.05, 3.63) is 90.0 Å². The van der Waals surface area contributed by atoms with Crippen LogP contribution in [0.5, 0.6) is 0 Å². The number of carbonyl (C=O) groups excluding carboxylic acids is 1. The van der Waals surface area contributed by atoms with Crippen molar-refractivity contribution in [2.45, 2.75) is 42.8 Å². The highest BCUT2D eigenvalue weighted by molar-refractivity contribution is 7.89. The van der Waals surface area contributed by atoms with Gasteiger partial charge in [-0.05, 0) is 42.5 Å². The standard InChI is InChI=1S/C27H29N5O3S2/c33-27(28-22-14-16-32(17-15-22)19-21-10-5-2-6-11-21)24(18-20-8-3-1-4-9-20)31-37(34,35)25-13-7-12-23-26(25)30-36-29-23/h1-13,22,24,31H,14-19H2,(H,28,33). The van der Waals surface area contributed by atoms with Gasteiger partial charge in [-0.1, -0.05) is 66.7 Å². The first-order chi connectivity index (χ1) is 18.0. The fraction of sp³-hybridized carbons (Fsp3) is 0.296. The van der Waals surface area contributed by atoms with E-state index in [1.54, 1.807) is 12.1 Å². The molecule has 1 aromatic heterocycles. The van der Waals surface area contributed by atoms with Crippen LogP contribution in [0.1, 0.15) is 24.0 Å². The van der Waals surface area contributed by atoms with Crippen molar-refractivity contribution in [2.24, 2.45) is 0 Å². The molecule has 1 fully saturated rings. The Morgan fingerprint density at radius 2 is 1.59 bits per heavy atom. The summed E-state index contributed by atoms with van der Waals surface area (Å²) in [5.74, 6) is -0.322. The van der Waals surface area contributed by atoms with Crippen molar-refractivity contribution in [2.75, 3.05) is 13.1 Å². The Morgan fingerprint density at radius 3 is 2.30 bits per heavy atom. The average Bonchev–Trinajstić information content (AvgIpc) is 3.40. The third-order valence-electron chi connectivity index (χ3n) is 6.62. The second-order valence-corrected chi connectivity index (χ2v) is 11.5. The summed E-state index contributed by atoms with van der Waals surface area (Å²) in [6, 6.07) is 23.6. The molecule has 1 saturated heterocycles. The summed E-state index contributed by atoms with van der Waals surface area (Å²) in [5.41, 5.74) is 2.97. The van der Waals surface area contributed by atoms with Gasteiger partial charge < -0.3 is 5.32 Å². The predicted molar refractivity (Wildman–Crippen MR) is 145 cm³/mol. The van der Waals surface area contributed by atoms with E-state index in [4.69, 9.17) is 0 Å². The van der Waals surface area contributed by atoms with E-state index < -0.39 is 16.1 Å². The summed E-state index contributed by atoms with van der Waals surface area (Å²) in [6.45, 7) is 2.62. The Bertz CT molecular complexity index is 1440. The van der Waals surface area contributed by atoms with Gasteiger partial charge in [0, 0.05) is 25.7 Å². The SMILES string of the molecule is O=C(NC1CCN(Cc2ccccc2)CC1)C(Cc1ccccc1)NS(=O)(=O)c1cccc2nsnc12. The Morgan fingerprint density at radius 1 is 0.919 bits per heavy atom. The minimum Gasteiger partial charge on any atom is -0.352 e. The summed E-state index contributed by atoms with van der Waals surface area (Å²) in [4.78, 5) is 15.8. The number of nitrogens with one attached hydrogen (secondary N) is 2. The van der Waals surface area contributed by atoms with Gasteiger partial charge in [0.25, 0.3) is 0 Å². The number of aromatic nitrogens is 2. The first kappa shape index (κ1) is 25.5. The topological polar surface area (TPSA) is 104 Å². The Labute approximate surface area is 221 Å². The molecule has 0 radical (unpaired) electrons. The monoisotopic (exact) mass is 535 g/mol. The lowest BCUT2D eigenvalue weighted by atomic mass is 10.0. The molecule has 5 rings (SSSR count). The van der Waals surface area contributed by atoms with Crippen molar-refractivity contribution < 1.29 is 13.2 Å². The number of hydrogen-bond acceptors (Lipinski definition) is 7. The fourth-order valence-corrected chi connectivity index (χ4v) is 6.63. The van der Waals surface area contributed by atoms with Gasteiger partial charge in [-0.3, -0.25) is 9.69 Å². The van der Waals surface area contributed by atoms with Gasteiger partial charge in [0.2, 0.25) is 15.9 Å². The quantitative estimate of drug-likeness (QED) is 0.341. The van der Waals surface area contributed by atoms with Gasteiger partial charge in [0.1, 0.15) is 22.0 Å². The molecule has 1 aliphatic rings. The third kappa shape index (κ3) is 6.40. The van der Waals surface area contributed by atoms with E-state index in [9.17, 15) is 13.2 Å². The molecule has 0 bridgehead atoms. The molecule has 2 N–H and O–H groups in total. The van der Waals surface area contributed by atoms with Gasteiger partial charge >= 0.3 is 0 Å². The maximum atomic E-state index is 13.4. The molecule has 0 spiro atoms. The summed E-state index contributed by atoms with van der Waals surface area (Å²) < 4.78 is 37.7. The maximum Gasteiger partial charge on any atom is 0.243 e. The summed E-state index contributed by atoms with van der Waals surface area (Å²) >= 11 is 0.959. The van der Waals surface area contributed by atoms with Gasteiger partial charge in [-0.25, -0.2) is 8.42 Å². The highest BCUT2D eigenvalue weighted by Gasteiger charge is 2.30. The molecule has 1 unspecified atom stereocenters. The largest absolute Gasteiger partial charge is 0.352 e. The zero-order chi connectivity index (χ0) is 25.7. The number of carbonyl (C=O) groups is 1. The molecule has 8 nitrogen and oxygen atoms in total. The van der Waals surface area contributed by atoms with Crippen molar-refractivity contribution in [1.29, 1.82) is 0 Å². The average molecular weight is 536 g/mol. The summed E-state index contributed by atoms with van der Waals surface area (Å²) in [5, 5.41) is 3.11. The zero-order valence-corrected chi connectivity index (χ0v) is 21.9. The number of piperidine rings is 1. The molecule has 1 atom stereocenters. The predicted octanol–water partition coefficient (Wildman–Crippen LogP) is 3.36. The van der Waals surface area contributed by atoms with Crippen LogP contribution in [0.4, 0.5) is 0 Å². The zero-order valence-electron chi connectivity index (χ0n) is 20.3. The Balaban J connectivity index is 1.27. The fourth-order valence-electron chi connectivity index (χ4n) is 4.67. The van der Waals surface area contributed by atoms with Crippen LogP contribution in [0, 0.1) is 0 Å². The smallest absolute Gasteiger partial charge is 0.243 e. The highest BCUT2D eigenvalue weighted by Crippen LogP contribution is 2.22. The van der Waals surface area contributed by atoms with Crippen LogP contribution in [0.15, 0.2) is 83.8 Å². The minimum absolute atomic E-state index is 0.00604. The van der Waals surface area contributed by atoms with Gasteiger partial charge in [-0.2, -0.15) is 13.5 Å². The van der Waals surface area contributed by atoms with Crippen molar-refractivity contribution >= 4 is 38.7 Å². The molecule has 10 heteroatoms. The van der Waals surface area contributed by atoms with Crippen molar-refractivity contribution in [1.82, 2.24) is 23.7 Å². The minimum atomic E-state index is -4.02. The summed E-state index contributed by atoms with van der Waals surface area (Å²) in [7, 11) is -4.02. The van der Waals surface area contributed by atoms with Crippen LogP contribution in [0.3, 0.4) is 0 Å². The second-order valence-electron chi connectivity index (χ2n) is 9.30. The molecule has 0 aliphatic carbocycles. The van der Waals surface area contributed by atoms with Crippen LogP contribution in [0.25, 0.3) is 11.0 Å². The van der Waals surface area contributed by atoms with Crippen LogP contribution in [0.2, 0.25) is 0 Å². The van der Waals surface area contributed by atoms with E-state index in [-0.39, 0.29) is 23.3 Å². The van der Waals surface area contributed by atoms with E-state index in [0.717, 1.165) is 49.8 Å². The van der Waals surface area contributed by atoms with E-state index in [1.807, 2.05) is 48.5 Å². The molecule has 1 amide bonds. The lowest BCUT2D eigenvalue weighted by molar-refractivity contribution is -0.123. The van der Waals surface area contributed by atoms with Crippen molar-refractivity contribution in [3.8, 4) is 0 Å². The number of rotatable bonds is 9. The lowest BCUT2D eigenvalue weighted by Crippen LogP contribution is -2.52. The first-order valence-corrected chi connectivity index (χ1v) is 14.5. The third-order valence-corrected chi connectivity index (χ3v) is 8.66. The second kappa shape index (κ2) is 11.5. The molecular formula is C27H29N5O3S2. The number of sulfonamides is 1. The lowest BCUT2D eigenvalue weighted by Gasteiger charge is -2.33. The van der Waals surface area contributed by atoms with Crippen LogP contribution >= 0.6 is 11.7 Å². The van der Waals surface area contributed by atoms with E-state index in [1.165, 1.54) is 11.6 Å². The maximum absolute atomic E-state index is 13.4. The normalized spacial score (nSPS) is 16.0. The molecular weight excluding hydrogens is 506 g/mol. The number of amides is 1. The first-order valence-electron chi connectivity index (χ1n) is 12.3. The molecule has 3 aromatic carbocycles. The van der Waals surface area contributed by atoms with Crippen LogP contribution in [-0.2, 0) is 27.8 Å². The number of benzene rings is 3.